The number of hydrogen-bond donors (Lipinski definition) is 1. The summed E-state index contributed by atoms with van der Waals surface area (Å²) >= 11 is 11.8. The summed E-state index contributed by atoms with van der Waals surface area (Å²) in [4.78, 5) is 12.8. The van der Waals surface area contributed by atoms with Gasteiger partial charge in [0.1, 0.15) is 5.75 Å². The van der Waals surface area contributed by atoms with Crippen LogP contribution in [0, 0.1) is 0 Å². The Kier molecular flexibility index (Phi) is 6.55. The zero-order valence-corrected chi connectivity index (χ0v) is 18.1. The second-order valence-corrected chi connectivity index (χ2v) is 7.92. The van der Waals surface area contributed by atoms with Crippen molar-refractivity contribution in [2.75, 3.05) is 0 Å². The Morgan fingerprint density at radius 2 is 1.90 bits per heavy atom. The van der Waals surface area contributed by atoms with Gasteiger partial charge in [-0.15, -0.1) is 0 Å². The molecule has 3 rings (SSSR count). The fourth-order valence-corrected chi connectivity index (χ4v) is 3.53. The van der Waals surface area contributed by atoms with E-state index in [1.54, 1.807) is 24.3 Å². The number of ether oxygens (including phenoxy) is 1. The Labute approximate surface area is 187 Å². The zero-order chi connectivity index (χ0) is 23.0. The number of nitrogens with zero attached hydrogens (tertiary/aromatic N) is 2. The fourth-order valence-electron chi connectivity index (χ4n) is 3.08. The van der Waals surface area contributed by atoms with Crippen LogP contribution in [0.15, 0.2) is 47.6 Å². The summed E-state index contributed by atoms with van der Waals surface area (Å²) in [7, 11) is 0. The van der Waals surface area contributed by atoms with E-state index >= 15 is 0 Å². The van der Waals surface area contributed by atoms with E-state index in [0.29, 0.717) is 10.6 Å². The smallest absolute Gasteiger partial charge is 0.438 e. The molecule has 0 aliphatic carbocycles. The van der Waals surface area contributed by atoms with Gasteiger partial charge >= 0.3 is 6.18 Å². The predicted octanol–water partition coefficient (Wildman–Crippen LogP) is 5.21. The minimum Gasteiger partial charge on any atom is -0.479 e. The Bertz CT molecular complexity index is 1010. The highest BCUT2D eigenvalue weighted by atomic mass is 35.5. The second-order valence-electron chi connectivity index (χ2n) is 7.07. The molecular weight excluding hydrogens is 456 g/mol. The Morgan fingerprint density at radius 3 is 2.45 bits per heavy atom. The SMILES string of the molecule is CCc1ccc(C2=NN(C(=O)[C@@H](C)Oc3ccc(Cl)cc3Cl)[C@@](O)(C(F)(F)F)C2)cc1. The highest BCUT2D eigenvalue weighted by Gasteiger charge is 2.63. The van der Waals surface area contributed by atoms with Gasteiger partial charge in [0.05, 0.1) is 17.2 Å². The molecule has 1 aliphatic heterocycles. The summed E-state index contributed by atoms with van der Waals surface area (Å²) in [6, 6.07) is 10.9. The summed E-state index contributed by atoms with van der Waals surface area (Å²) in [5, 5.41) is 14.7. The van der Waals surface area contributed by atoms with Crippen LogP contribution in [0.4, 0.5) is 13.2 Å². The molecule has 0 radical (unpaired) electrons. The highest BCUT2D eigenvalue weighted by Crippen LogP contribution is 2.42. The van der Waals surface area contributed by atoms with E-state index in [1.165, 1.54) is 25.1 Å². The Hall–Kier alpha value is -2.29. The van der Waals surface area contributed by atoms with Gasteiger partial charge in [0.2, 0.25) is 0 Å². The molecule has 1 amide bonds. The monoisotopic (exact) mass is 474 g/mol. The summed E-state index contributed by atoms with van der Waals surface area (Å²) in [6.45, 7) is 3.19. The molecule has 166 valence electrons. The third-order valence-electron chi connectivity index (χ3n) is 4.89. The van der Waals surface area contributed by atoms with Gasteiger partial charge in [0.25, 0.3) is 11.6 Å². The van der Waals surface area contributed by atoms with Crippen LogP contribution >= 0.6 is 23.2 Å². The van der Waals surface area contributed by atoms with Crippen molar-refractivity contribution in [1.29, 1.82) is 0 Å². The molecule has 0 unspecified atom stereocenters. The molecule has 0 spiro atoms. The summed E-state index contributed by atoms with van der Waals surface area (Å²) in [5.41, 5.74) is -2.19. The third-order valence-corrected chi connectivity index (χ3v) is 5.42. The molecule has 2 aromatic rings. The first-order chi connectivity index (χ1) is 14.5. The van der Waals surface area contributed by atoms with Gasteiger partial charge in [-0.3, -0.25) is 4.79 Å². The maximum atomic E-state index is 13.8. The van der Waals surface area contributed by atoms with E-state index in [2.05, 4.69) is 5.10 Å². The standard InChI is InChI=1S/C21H19Cl2F3N2O3/c1-3-13-4-6-14(7-5-13)17-11-20(30,21(24,25)26)28(27-17)19(29)12(2)31-18-9-8-15(22)10-16(18)23/h4-10,12,30H,3,11H2,1-2H3/t12-,20+/m1/s1. The maximum absolute atomic E-state index is 13.8. The number of carbonyl (C=O) groups excluding carboxylic acids is 1. The first kappa shape index (κ1) is 23.4. The van der Waals surface area contributed by atoms with E-state index in [9.17, 15) is 23.1 Å². The van der Waals surface area contributed by atoms with Crippen molar-refractivity contribution in [3.8, 4) is 5.75 Å². The van der Waals surface area contributed by atoms with Gasteiger partial charge in [-0.1, -0.05) is 54.4 Å². The molecule has 0 saturated carbocycles. The van der Waals surface area contributed by atoms with Gasteiger partial charge in [-0.2, -0.15) is 23.3 Å². The molecule has 1 heterocycles. The molecule has 2 atom stereocenters. The van der Waals surface area contributed by atoms with Gasteiger partial charge in [-0.25, -0.2) is 0 Å². The lowest BCUT2D eigenvalue weighted by Gasteiger charge is -2.33. The van der Waals surface area contributed by atoms with E-state index in [1.807, 2.05) is 6.92 Å². The molecule has 1 aliphatic rings. The summed E-state index contributed by atoms with van der Waals surface area (Å²) < 4.78 is 46.7. The lowest BCUT2D eigenvalue weighted by Crippen LogP contribution is -2.58. The molecule has 0 fully saturated rings. The van der Waals surface area contributed by atoms with Crippen LogP contribution in [0.2, 0.25) is 10.0 Å². The molecule has 1 N–H and O–H groups in total. The summed E-state index contributed by atoms with van der Waals surface area (Å²) in [6.07, 6.45) is -6.71. The lowest BCUT2D eigenvalue weighted by atomic mass is 9.99. The molecule has 10 heteroatoms. The van der Waals surface area contributed by atoms with Crippen molar-refractivity contribution in [1.82, 2.24) is 5.01 Å². The average molecular weight is 475 g/mol. The van der Waals surface area contributed by atoms with E-state index in [0.717, 1.165) is 12.0 Å². The normalized spacial score (nSPS) is 19.9. The number of benzene rings is 2. The van der Waals surface area contributed by atoms with Crippen LogP contribution in [-0.2, 0) is 11.2 Å². The van der Waals surface area contributed by atoms with Gasteiger partial charge in [0.15, 0.2) is 6.10 Å². The number of amides is 1. The lowest BCUT2D eigenvalue weighted by molar-refractivity contribution is -0.303. The van der Waals surface area contributed by atoms with E-state index in [-0.39, 0.29) is 21.5 Å². The topological polar surface area (TPSA) is 62.1 Å². The van der Waals surface area contributed by atoms with Crippen LogP contribution in [0.5, 0.6) is 5.75 Å². The number of aryl methyl sites for hydroxylation is 1. The molecule has 2 aromatic carbocycles. The van der Waals surface area contributed by atoms with Crippen molar-refractivity contribution in [3.05, 3.63) is 63.6 Å². The molecule has 0 saturated heterocycles. The first-order valence-corrected chi connectivity index (χ1v) is 10.1. The van der Waals surface area contributed by atoms with E-state index < -0.39 is 30.3 Å². The van der Waals surface area contributed by atoms with Crippen LogP contribution in [0.25, 0.3) is 0 Å². The quantitative estimate of drug-likeness (QED) is 0.646. The van der Waals surface area contributed by atoms with Crippen molar-refractivity contribution >= 4 is 34.8 Å². The number of carbonyl (C=O) groups is 1. The second kappa shape index (κ2) is 8.68. The largest absolute Gasteiger partial charge is 0.479 e. The molecular formula is C21H19Cl2F3N2O3. The minimum atomic E-state index is -5.14. The van der Waals surface area contributed by atoms with Crippen LogP contribution in [-0.4, -0.2) is 39.7 Å². The molecule has 0 aromatic heterocycles. The van der Waals surface area contributed by atoms with Crippen LogP contribution < -0.4 is 4.74 Å². The molecule has 31 heavy (non-hydrogen) atoms. The number of hydrazone groups is 1. The number of alkyl halides is 3. The number of aliphatic hydroxyl groups is 1. The van der Waals surface area contributed by atoms with Gasteiger partial charge < -0.3 is 9.84 Å². The van der Waals surface area contributed by atoms with Gasteiger partial charge in [-0.05, 0) is 42.7 Å². The van der Waals surface area contributed by atoms with Crippen LogP contribution in [0.1, 0.15) is 31.4 Å². The highest BCUT2D eigenvalue weighted by molar-refractivity contribution is 6.35. The fraction of sp³-hybridized carbons (Fsp3) is 0.333. The zero-order valence-electron chi connectivity index (χ0n) is 16.6. The number of halogens is 5. The van der Waals surface area contributed by atoms with Crippen LogP contribution in [0.3, 0.4) is 0 Å². The molecule has 5 nitrogen and oxygen atoms in total. The van der Waals surface area contributed by atoms with Crippen molar-refractivity contribution < 1.29 is 27.8 Å². The predicted molar refractivity (Wildman–Crippen MR) is 111 cm³/mol. The van der Waals surface area contributed by atoms with Gasteiger partial charge in [0, 0.05) is 5.02 Å². The summed E-state index contributed by atoms with van der Waals surface area (Å²) in [5.74, 6) is -1.12. The number of hydrogen-bond acceptors (Lipinski definition) is 4. The Balaban J connectivity index is 1.91. The Morgan fingerprint density at radius 1 is 1.26 bits per heavy atom. The van der Waals surface area contributed by atoms with E-state index in [4.69, 9.17) is 27.9 Å². The van der Waals surface area contributed by atoms with Crippen molar-refractivity contribution in [3.63, 3.8) is 0 Å². The molecule has 0 bridgehead atoms. The van der Waals surface area contributed by atoms with Crippen molar-refractivity contribution in [2.24, 2.45) is 5.10 Å². The minimum absolute atomic E-state index is 0.0462. The van der Waals surface area contributed by atoms with Crippen molar-refractivity contribution in [2.45, 2.75) is 44.7 Å². The first-order valence-electron chi connectivity index (χ1n) is 9.38. The number of rotatable bonds is 5. The average Bonchev–Trinajstić information content (AvgIpc) is 3.08. The maximum Gasteiger partial charge on any atom is 0.438 e. The third kappa shape index (κ3) is 4.66.